The third-order valence-corrected chi connectivity index (χ3v) is 5.42. The molecule has 1 fully saturated rings. The lowest BCUT2D eigenvalue weighted by Crippen LogP contribution is -2.48. The molecule has 1 aliphatic heterocycles. The number of benzene rings is 1. The number of amides is 1. The number of piperazine rings is 1. The van der Waals surface area contributed by atoms with E-state index >= 15 is 0 Å². The molecule has 24 heavy (non-hydrogen) atoms. The van der Waals surface area contributed by atoms with Crippen molar-refractivity contribution in [3.05, 3.63) is 41.2 Å². The van der Waals surface area contributed by atoms with E-state index in [4.69, 9.17) is 11.6 Å². The quantitative estimate of drug-likeness (QED) is 0.704. The molecule has 1 aromatic carbocycles. The Hall–Kier alpha value is -2.12. The van der Waals surface area contributed by atoms with Crippen molar-refractivity contribution in [2.75, 3.05) is 31.1 Å². The van der Waals surface area contributed by atoms with Crippen molar-refractivity contribution in [3.63, 3.8) is 0 Å². The number of anilines is 1. The van der Waals surface area contributed by atoms with Crippen LogP contribution < -0.4 is 4.90 Å². The minimum absolute atomic E-state index is 0.00803. The van der Waals surface area contributed by atoms with Gasteiger partial charge in [-0.25, -0.2) is 4.98 Å². The van der Waals surface area contributed by atoms with Crippen molar-refractivity contribution in [3.8, 4) is 0 Å². The van der Waals surface area contributed by atoms with Gasteiger partial charge in [0.25, 0.3) is 5.91 Å². The summed E-state index contributed by atoms with van der Waals surface area (Å²) in [5.74, 6) is -0.00803. The van der Waals surface area contributed by atoms with Crippen LogP contribution >= 0.6 is 22.9 Å². The molecule has 6 nitrogen and oxygen atoms in total. The number of halogens is 1. The van der Waals surface area contributed by atoms with Crippen LogP contribution in [0.2, 0.25) is 5.02 Å². The SMILES string of the molecule is Cn1ccc(C(=O)N2CCN(c3nc4ccc(Cl)cc4s3)CC2)n1. The summed E-state index contributed by atoms with van der Waals surface area (Å²) in [6.07, 6.45) is 1.79. The molecule has 0 saturated carbocycles. The van der Waals surface area contributed by atoms with E-state index in [1.165, 1.54) is 0 Å². The zero-order valence-corrected chi connectivity index (χ0v) is 14.7. The maximum absolute atomic E-state index is 12.4. The summed E-state index contributed by atoms with van der Waals surface area (Å²) < 4.78 is 2.74. The predicted octanol–water partition coefficient (Wildman–Crippen LogP) is 2.65. The number of carbonyl (C=O) groups excluding carboxylic acids is 1. The number of nitrogens with zero attached hydrogens (tertiary/aromatic N) is 5. The van der Waals surface area contributed by atoms with Gasteiger partial charge in [0.05, 0.1) is 10.2 Å². The highest BCUT2D eigenvalue weighted by atomic mass is 35.5. The fourth-order valence-electron chi connectivity index (χ4n) is 2.81. The van der Waals surface area contributed by atoms with E-state index in [1.807, 2.05) is 30.1 Å². The number of hydrogen-bond acceptors (Lipinski definition) is 5. The number of aryl methyl sites for hydroxylation is 1. The Morgan fingerprint density at radius 1 is 1.21 bits per heavy atom. The predicted molar refractivity (Wildman–Crippen MR) is 96.0 cm³/mol. The molecule has 124 valence electrons. The molecule has 0 unspecified atom stereocenters. The average Bonchev–Trinajstić information content (AvgIpc) is 3.20. The van der Waals surface area contributed by atoms with E-state index in [9.17, 15) is 4.79 Å². The van der Waals surface area contributed by atoms with Crippen molar-refractivity contribution in [1.29, 1.82) is 0 Å². The zero-order valence-electron chi connectivity index (χ0n) is 13.1. The summed E-state index contributed by atoms with van der Waals surface area (Å²) in [5.41, 5.74) is 1.46. The van der Waals surface area contributed by atoms with Gasteiger partial charge < -0.3 is 9.80 Å². The number of carbonyl (C=O) groups is 1. The second-order valence-electron chi connectivity index (χ2n) is 5.76. The Morgan fingerprint density at radius 2 is 2.00 bits per heavy atom. The topological polar surface area (TPSA) is 54.3 Å². The van der Waals surface area contributed by atoms with E-state index < -0.39 is 0 Å². The first kappa shape index (κ1) is 15.4. The van der Waals surface area contributed by atoms with E-state index in [1.54, 1.807) is 28.3 Å². The molecule has 0 spiro atoms. The smallest absolute Gasteiger partial charge is 0.274 e. The molecule has 1 saturated heterocycles. The Labute approximate surface area is 148 Å². The van der Waals surface area contributed by atoms with Gasteiger partial charge in [-0.2, -0.15) is 5.10 Å². The minimum Gasteiger partial charge on any atom is -0.345 e. The molecule has 0 atom stereocenters. The summed E-state index contributed by atoms with van der Waals surface area (Å²) >= 11 is 7.68. The van der Waals surface area contributed by atoms with Crippen LogP contribution in [0, 0.1) is 0 Å². The highest BCUT2D eigenvalue weighted by molar-refractivity contribution is 7.22. The molecule has 1 amide bonds. The van der Waals surface area contributed by atoms with Crippen molar-refractivity contribution in [2.24, 2.45) is 7.05 Å². The van der Waals surface area contributed by atoms with E-state index in [2.05, 4.69) is 15.0 Å². The van der Waals surface area contributed by atoms with Crippen LogP contribution in [-0.2, 0) is 7.05 Å². The highest BCUT2D eigenvalue weighted by Gasteiger charge is 2.25. The highest BCUT2D eigenvalue weighted by Crippen LogP contribution is 2.31. The number of rotatable bonds is 2. The minimum atomic E-state index is -0.00803. The molecule has 8 heteroatoms. The first-order chi connectivity index (χ1) is 11.6. The van der Waals surface area contributed by atoms with Crippen LogP contribution in [0.3, 0.4) is 0 Å². The second kappa shape index (κ2) is 6.07. The Kier molecular flexibility index (Phi) is 3.90. The van der Waals surface area contributed by atoms with Gasteiger partial charge in [0, 0.05) is 44.4 Å². The van der Waals surface area contributed by atoms with E-state index in [0.29, 0.717) is 18.8 Å². The molecule has 0 N–H and O–H groups in total. The fraction of sp³-hybridized carbons (Fsp3) is 0.312. The molecule has 3 heterocycles. The lowest BCUT2D eigenvalue weighted by molar-refractivity contribution is 0.0740. The summed E-state index contributed by atoms with van der Waals surface area (Å²) in [7, 11) is 1.81. The molecule has 3 aromatic rings. The van der Waals surface area contributed by atoms with E-state index in [-0.39, 0.29) is 5.91 Å². The van der Waals surface area contributed by atoms with Crippen LogP contribution in [0.25, 0.3) is 10.2 Å². The van der Waals surface area contributed by atoms with Gasteiger partial charge >= 0.3 is 0 Å². The monoisotopic (exact) mass is 361 g/mol. The van der Waals surface area contributed by atoms with Crippen LogP contribution in [0.4, 0.5) is 5.13 Å². The molecule has 0 radical (unpaired) electrons. The van der Waals surface area contributed by atoms with Gasteiger partial charge in [-0.05, 0) is 24.3 Å². The van der Waals surface area contributed by atoms with Crippen molar-refractivity contribution in [1.82, 2.24) is 19.7 Å². The van der Waals surface area contributed by atoms with Crippen LogP contribution in [-0.4, -0.2) is 51.8 Å². The molecule has 2 aromatic heterocycles. The van der Waals surface area contributed by atoms with Crippen LogP contribution in [0.1, 0.15) is 10.5 Å². The van der Waals surface area contributed by atoms with Crippen molar-refractivity contribution >= 4 is 44.2 Å². The third kappa shape index (κ3) is 2.85. The number of hydrogen-bond donors (Lipinski definition) is 0. The zero-order chi connectivity index (χ0) is 16.7. The number of thiazole rings is 1. The maximum atomic E-state index is 12.4. The Balaban J connectivity index is 1.46. The van der Waals surface area contributed by atoms with Gasteiger partial charge in [-0.15, -0.1) is 0 Å². The van der Waals surface area contributed by atoms with Crippen molar-refractivity contribution in [2.45, 2.75) is 0 Å². The first-order valence-corrected chi connectivity index (χ1v) is 8.89. The van der Waals surface area contributed by atoms with Gasteiger partial charge in [-0.1, -0.05) is 22.9 Å². The molecule has 1 aliphatic rings. The number of aromatic nitrogens is 3. The third-order valence-electron chi connectivity index (χ3n) is 4.11. The fourth-order valence-corrected chi connectivity index (χ4v) is 4.11. The molecule has 4 rings (SSSR count). The van der Waals surface area contributed by atoms with Crippen molar-refractivity contribution < 1.29 is 4.79 Å². The summed E-state index contributed by atoms with van der Waals surface area (Å²) in [6.45, 7) is 2.89. The number of fused-ring (bicyclic) bond motifs is 1. The molecule has 0 bridgehead atoms. The van der Waals surface area contributed by atoms with Gasteiger partial charge in [-0.3, -0.25) is 9.48 Å². The van der Waals surface area contributed by atoms with Gasteiger partial charge in [0.2, 0.25) is 0 Å². The molecular formula is C16H16ClN5OS. The van der Waals surface area contributed by atoms with Crippen LogP contribution in [0.15, 0.2) is 30.5 Å². The lowest BCUT2D eigenvalue weighted by atomic mass is 10.3. The lowest BCUT2D eigenvalue weighted by Gasteiger charge is -2.34. The summed E-state index contributed by atoms with van der Waals surface area (Å²) in [6, 6.07) is 7.50. The Morgan fingerprint density at radius 3 is 2.71 bits per heavy atom. The van der Waals surface area contributed by atoms with Gasteiger partial charge in [0.1, 0.15) is 5.69 Å². The van der Waals surface area contributed by atoms with Crippen LogP contribution in [0.5, 0.6) is 0 Å². The molecular weight excluding hydrogens is 346 g/mol. The van der Waals surface area contributed by atoms with E-state index in [0.717, 1.165) is 33.5 Å². The van der Waals surface area contributed by atoms with Gasteiger partial charge in [0.15, 0.2) is 5.13 Å². The standard InChI is InChI=1S/C16H16ClN5OS/c1-20-5-4-13(19-20)15(23)21-6-8-22(9-7-21)16-18-12-3-2-11(17)10-14(12)24-16/h2-5,10H,6-9H2,1H3. The Bertz CT molecular complexity index is 897. The second-order valence-corrected chi connectivity index (χ2v) is 7.21. The first-order valence-electron chi connectivity index (χ1n) is 7.70. The largest absolute Gasteiger partial charge is 0.345 e. The molecule has 0 aliphatic carbocycles. The summed E-state index contributed by atoms with van der Waals surface area (Å²) in [5, 5.41) is 5.90. The maximum Gasteiger partial charge on any atom is 0.274 e. The average molecular weight is 362 g/mol. The summed E-state index contributed by atoms with van der Waals surface area (Å²) in [4.78, 5) is 21.2. The normalized spacial score (nSPS) is 15.2.